The number of amides is 1. The van der Waals surface area contributed by atoms with Gasteiger partial charge in [0.05, 0.1) is 29.5 Å². The Balaban J connectivity index is 0.000000199. The Labute approximate surface area is 337 Å². The van der Waals surface area contributed by atoms with Gasteiger partial charge in [0.1, 0.15) is 11.5 Å². The normalized spacial score (nSPS) is 11.0. The predicted octanol–water partition coefficient (Wildman–Crippen LogP) is 7.11. The number of aromatic nitrogens is 4. The number of hydrogen-bond acceptors (Lipinski definition) is 10. The Bertz CT molecular complexity index is 2650. The zero-order valence-electron chi connectivity index (χ0n) is 30.9. The minimum atomic E-state index is -1.87. The quantitative estimate of drug-likeness (QED) is 0.0449. The maximum Gasteiger partial charge on any atom is 0.335 e. The summed E-state index contributed by atoms with van der Waals surface area (Å²) in [5, 5.41) is 19.6. The average Bonchev–Trinajstić information content (AvgIpc) is 3.67. The van der Waals surface area contributed by atoms with Crippen LogP contribution in [-0.4, -0.2) is 47.6 Å². The summed E-state index contributed by atoms with van der Waals surface area (Å²) in [5.74, 6) is 5.32. The van der Waals surface area contributed by atoms with Crippen molar-refractivity contribution in [2.24, 2.45) is 5.84 Å². The number of nitrogens with zero attached hydrogens (tertiary/aromatic N) is 2. The first kappa shape index (κ1) is 37.8. The number of ether oxygens (including phenoxy) is 2. The van der Waals surface area contributed by atoms with E-state index in [-0.39, 0.29) is 34.9 Å². The van der Waals surface area contributed by atoms with Gasteiger partial charge in [0.15, 0.2) is 13.2 Å². The van der Waals surface area contributed by atoms with Crippen LogP contribution < -0.4 is 31.9 Å². The lowest BCUT2D eigenvalue weighted by Crippen LogP contribution is -2.34. The van der Waals surface area contributed by atoms with Crippen molar-refractivity contribution in [1.29, 1.82) is 3.84 Å². The number of carbonyl (C=O) groups is 2. The first-order valence-electron chi connectivity index (χ1n) is 16.7. The summed E-state index contributed by atoms with van der Waals surface area (Å²) in [4.78, 5) is 49.1. The van der Waals surface area contributed by atoms with Crippen LogP contribution in [0.25, 0.3) is 33.3 Å². The Hall–Kier alpha value is -5.47. The molecule has 0 atom stereocenters. The molecule has 0 saturated carbocycles. The van der Waals surface area contributed by atoms with Gasteiger partial charge in [-0.05, 0) is 84.9 Å². The van der Waals surface area contributed by atoms with E-state index in [2.05, 4.69) is 20.2 Å². The maximum atomic E-state index is 11.3. The second-order valence-electron chi connectivity index (χ2n) is 10.9. The molecule has 0 bridgehead atoms. The molecule has 0 radical (unpaired) electrons. The number of pyridine rings is 2. The number of carboxylic acids is 1. The first-order chi connectivity index (χ1) is 27.6. The third-order valence-corrected chi connectivity index (χ3v) is 8.56. The minimum Gasteiger partial charge on any atom is -0.484 e. The van der Waals surface area contributed by atoms with Crippen LogP contribution in [0, 0.1) is 0 Å². The van der Waals surface area contributed by atoms with Crippen LogP contribution in [-0.2, 0) is 11.4 Å². The number of carboxylic acid groups (broad SMARTS) is 1. The molecule has 0 aliphatic rings. The van der Waals surface area contributed by atoms with E-state index in [0.717, 1.165) is 16.3 Å². The van der Waals surface area contributed by atoms with Gasteiger partial charge in [-0.3, -0.25) is 19.8 Å². The third-order valence-electron chi connectivity index (χ3n) is 7.08. The van der Waals surface area contributed by atoms with E-state index in [4.69, 9.17) is 75.1 Å². The first-order valence-corrected chi connectivity index (χ1v) is 16.9. The molecule has 1 amide bonds. The largest absolute Gasteiger partial charge is 0.484 e. The molecule has 284 valence electrons. The van der Waals surface area contributed by atoms with Gasteiger partial charge in [-0.15, -0.1) is 10.2 Å². The molecule has 4 aromatic carbocycles. The molecule has 0 aliphatic carbocycles. The lowest BCUT2D eigenvalue weighted by atomic mass is 10.2. The lowest BCUT2D eigenvalue weighted by molar-refractivity contribution is -0.123. The fraction of sp³-hybridized carbons (Fsp3) is 0.0556. The van der Waals surface area contributed by atoms with Crippen molar-refractivity contribution in [3.63, 3.8) is 0 Å². The van der Waals surface area contributed by atoms with Gasteiger partial charge in [0.25, 0.3) is 11.8 Å². The number of rotatable bonds is 8. The van der Waals surface area contributed by atoms with E-state index < -0.39 is 21.6 Å². The second kappa shape index (κ2) is 19.7. The number of halogens is 4. The van der Waals surface area contributed by atoms with E-state index in [1.807, 2.05) is 11.5 Å². The molecule has 55 heavy (non-hydrogen) atoms. The molecule has 6 N–H and O–H groups in total. The van der Waals surface area contributed by atoms with Crippen LogP contribution in [0.3, 0.4) is 0 Å². The van der Waals surface area contributed by atoms with E-state index >= 15 is 0 Å². The highest BCUT2D eigenvalue weighted by Crippen LogP contribution is 2.28. The van der Waals surface area contributed by atoms with Crippen LogP contribution in [0.1, 0.15) is 16.2 Å². The molecule has 19 heteroatoms. The van der Waals surface area contributed by atoms with Crippen molar-refractivity contribution in [2.75, 3.05) is 6.61 Å². The molecule has 14 nitrogen and oxygen atoms in total. The van der Waals surface area contributed by atoms with Crippen LogP contribution >= 0.6 is 56.1 Å². The molecule has 0 unspecified atom stereocenters. The number of nitrogens with two attached hydrogens (primary N) is 1. The molecule has 0 saturated heterocycles. The molecule has 0 spiro atoms. The third kappa shape index (κ3) is 12.0. The van der Waals surface area contributed by atoms with Crippen molar-refractivity contribution in [1.82, 2.24) is 25.6 Å². The Kier molecular flexibility index (Phi) is 13.6. The fourth-order valence-corrected chi connectivity index (χ4v) is 5.06. The fourth-order valence-electron chi connectivity index (χ4n) is 4.47. The number of nitrogens with one attached hydrogen (secondary N) is 3. The Morgan fingerprint density at radius 3 is 1.87 bits per heavy atom. The number of hydrazine groups is 1. The molecule has 0 fully saturated rings. The van der Waals surface area contributed by atoms with Crippen LogP contribution in [0.4, 0.5) is 0 Å². The summed E-state index contributed by atoms with van der Waals surface area (Å²) < 4.78 is 34.4. The summed E-state index contributed by atoms with van der Waals surface area (Å²) in [7, 11) is -1.87. The predicted molar refractivity (Wildman–Crippen MR) is 216 cm³/mol. The van der Waals surface area contributed by atoms with E-state index in [9.17, 15) is 19.2 Å². The van der Waals surface area contributed by atoms with Crippen LogP contribution in [0.2, 0.25) is 20.1 Å². The highest BCUT2D eigenvalue weighted by atomic mass is 35.5. The molecule has 0 aliphatic heterocycles. The Morgan fingerprint density at radius 2 is 1.33 bits per heavy atom. The topological polar surface area (TPSA) is 216 Å². The van der Waals surface area contributed by atoms with Gasteiger partial charge in [-0.25, -0.2) is 10.6 Å². The van der Waals surface area contributed by atoms with Gasteiger partial charge in [0, 0.05) is 39.5 Å². The zero-order valence-corrected chi connectivity index (χ0v) is 31.8. The van der Waals surface area contributed by atoms with E-state index in [1.165, 1.54) is 30.3 Å². The molecule has 7 rings (SSSR count). The number of carbonyl (C=O) groups excluding carboxylic acids is 1. The number of aromatic amines is 2. The van der Waals surface area contributed by atoms with Crippen molar-refractivity contribution in [2.45, 2.75) is 6.61 Å². The van der Waals surface area contributed by atoms with Crippen LogP contribution in [0.5, 0.6) is 11.5 Å². The Morgan fingerprint density at radius 1 is 0.764 bits per heavy atom. The maximum absolute atomic E-state index is 11.3. The highest BCUT2D eigenvalue weighted by molar-refractivity contribution is 6.92. The van der Waals surface area contributed by atoms with Gasteiger partial charge in [-0.1, -0.05) is 46.4 Å². The second-order valence-corrected chi connectivity index (χ2v) is 12.5. The lowest BCUT2D eigenvalue weighted by Gasteiger charge is -2.05. The van der Waals surface area contributed by atoms with E-state index in [1.54, 1.807) is 60.7 Å². The number of fused-ring (bicyclic) bond motifs is 2. The van der Waals surface area contributed by atoms with Crippen LogP contribution in [0.15, 0.2) is 111 Å². The average molecular weight is 852 g/mol. The summed E-state index contributed by atoms with van der Waals surface area (Å²) >= 11 is 23.0. The monoisotopic (exact) mass is 850 g/mol. The van der Waals surface area contributed by atoms with Gasteiger partial charge < -0.3 is 29.0 Å². The smallest absolute Gasteiger partial charge is 0.335 e. The summed E-state index contributed by atoms with van der Waals surface area (Å²) in [5.41, 5.74) is 3.93. The van der Waals surface area contributed by atoms with Crippen molar-refractivity contribution in [3.8, 4) is 23.0 Å². The summed E-state index contributed by atoms with van der Waals surface area (Å²) in [6.45, 7) is -0.0332. The molecule has 3 heterocycles. The number of H-pyrrole nitrogens is 2. The van der Waals surface area contributed by atoms with Crippen molar-refractivity contribution < 1.29 is 28.6 Å². The molecular weight excluding hydrogens is 817 g/mol. The minimum absolute atomic E-state index is 0.114. The highest BCUT2D eigenvalue weighted by Gasteiger charge is 2.11. The van der Waals surface area contributed by atoms with Gasteiger partial charge in [0.2, 0.25) is 17.0 Å². The van der Waals surface area contributed by atoms with Crippen molar-refractivity contribution >= 4 is 89.8 Å². The molecule has 7 aromatic rings. The van der Waals surface area contributed by atoms with Gasteiger partial charge in [-0.2, -0.15) is 9.73 Å². The number of hydrogen-bond donors (Lipinski definition) is 5. The standard InChI is InChI=1S/C18H11Cl2N3O3.C11H11N3O3.C7H4Cl2O2.H3P/c19-13-4-1-11(8-14(13)20)18-23-22-17(26-18)9-25-12-3-5-15-10(7-12)2-6-16(24)21-15;12-14-11(16)6-17-8-2-3-9-7(5-8)1-4-10(15)13-9;8-5-2-1-4(7(10)11)3-6(5)9;/h1-8H,9H2,(H,21,24);1-5H,6,12H2,(H,13,15)(H,14,16);1-3H,(H,10,11);1H3/i;;;1T3. The van der Waals surface area contributed by atoms with E-state index in [0.29, 0.717) is 49.4 Å². The number of aromatic carboxylic acids is 1. The van der Waals surface area contributed by atoms with Gasteiger partial charge >= 0.3 is 5.97 Å². The zero-order chi connectivity index (χ0) is 42.4. The SMILES string of the molecule is NNC(=O)COc1ccc2[nH]c(=O)ccc2c1.O=C(O)c1ccc(Cl)c(Cl)c1.O=c1ccc2cc(OCc3nnc(-c4ccc(Cl)c(Cl)c4)o3)ccc2[nH]1.[3H]P([3H])[3H]. The number of benzene rings is 4. The molecular formula is C36H29Cl4N6O8P. The molecule has 3 aromatic heterocycles. The summed E-state index contributed by atoms with van der Waals surface area (Å²) in [6.07, 6.45) is 0. The van der Waals surface area contributed by atoms with Crippen molar-refractivity contribution in [3.05, 3.63) is 149 Å². The summed E-state index contributed by atoms with van der Waals surface area (Å²) in [6, 6.07) is 26.0.